The van der Waals surface area contributed by atoms with Gasteiger partial charge in [0.25, 0.3) is 0 Å². The van der Waals surface area contributed by atoms with E-state index in [1.807, 2.05) is 12.4 Å². The maximum atomic E-state index is 13.2. The summed E-state index contributed by atoms with van der Waals surface area (Å²) in [6.45, 7) is 2.98. The van der Waals surface area contributed by atoms with E-state index in [4.69, 9.17) is 0 Å². The van der Waals surface area contributed by atoms with Crippen LogP contribution in [0.4, 0.5) is 4.39 Å². The fourth-order valence-electron chi connectivity index (χ4n) is 4.47. The number of nitrogens with zero attached hydrogens (tertiary/aromatic N) is 3. The Labute approximate surface area is 164 Å². The smallest absolute Gasteiger partial charge is 0.187 e. The molecule has 2 aromatic rings. The maximum Gasteiger partial charge on any atom is 0.187 e. The van der Waals surface area contributed by atoms with E-state index in [0.717, 1.165) is 47.8 Å². The van der Waals surface area contributed by atoms with Crippen molar-refractivity contribution >= 4 is 11.8 Å². The van der Waals surface area contributed by atoms with E-state index in [2.05, 4.69) is 21.8 Å². The standard InChI is InChI=1S/C21H26FN3OS/c1-2-9-27-20-23-12-15(13-24-20)14-25-18-7-8-19(25)11-21(26,10-18)16-3-5-17(22)6-4-16/h3-6,12-13,18-19,26H,2,7-11,14H2,1H3/t18-,19-/m0/s1. The lowest BCUT2D eigenvalue weighted by molar-refractivity contribution is -0.0595. The van der Waals surface area contributed by atoms with Gasteiger partial charge in [0.2, 0.25) is 0 Å². The molecular weight excluding hydrogens is 361 g/mol. The topological polar surface area (TPSA) is 49.2 Å². The number of hydrogen-bond acceptors (Lipinski definition) is 5. The average Bonchev–Trinajstić information content (AvgIpc) is 2.91. The predicted octanol–water partition coefficient (Wildman–Crippen LogP) is 4.13. The van der Waals surface area contributed by atoms with Crippen molar-refractivity contribution in [3.8, 4) is 0 Å². The number of fused-ring (bicyclic) bond motifs is 2. The SMILES string of the molecule is CCCSc1ncc(CN2[C@H]3CC[C@H]2CC(O)(c2ccc(F)cc2)C3)cn1. The van der Waals surface area contributed by atoms with Crippen LogP contribution in [0.25, 0.3) is 0 Å². The third kappa shape index (κ3) is 4.03. The Morgan fingerprint density at radius 3 is 2.37 bits per heavy atom. The van der Waals surface area contributed by atoms with Crippen LogP contribution < -0.4 is 0 Å². The van der Waals surface area contributed by atoms with E-state index in [-0.39, 0.29) is 5.82 Å². The van der Waals surface area contributed by atoms with E-state index in [9.17, 15) is 9.50 Å². The summed E-state index contributed by atoms with van der Waals surface area (Å²) in [7, 11) is 0. The van der Waals surface area contributed by atoms with Gasteiger partial charge < -0.3 is 5.11 Å². The van der Waals surface area contributed by atoms with Gasteiger partial charge in [-0.3, -0.25) is 4.90 Å². The number of thioether (sulfide) groups is 1. The minimum Gasteiger partial charge on any atom is -0.385 e. The average molecular weight is 388 g/mol. The Hall–Kier alpha value is -1.50. The lowest BCUT2D eigenvalue weighted by Gasteiger charge is -2.44. The predicted molar refractivity (Wildman–Crippen MR) is 105 cm³/mol. The van der Waals surface area contributed by atoms with Gasteiger partial charge in [-0.2, -0.15) is 0 Å². The highest BCUT2D eigenvalue weighted by Gasteiger charge is 2.48. The molecule has 1 N–H and O–H groups in total. The number of benzene rings is 1. The third-order valence-electron chi connectivity index (χ3n) is 5.78. The molecule has 2 aliphatic heterocycles. The second-order valence-electron chi connectivity index (χ2n) is 7.73. The van der Waals surface area contributed by atoms with Crippen LogP contribution in [0.5, 0.6) is 0 Å². The molecule has 6 heteroatoms. The van der Waals surface area contributed by atoms with Crippen LogP contribution in [0.1, 0.15) is 50.2 Å². The molecule has 0 unspecified atom stereocenters. The quantitative estimate of drug-likeness (QED) is 0.596. The molecule has 2 aliphatic rings. The van der Waals surface area contributed by atoms with Crippen LogP contribution in [0.15, 0.2) is 41.8 Å². The third-order valence-corrected chi connectivity index (χ3v) is 6.86. The fourth-order valence-corrected chi connectivity index (χ4v) is 5.11. The van der Waals surface area contributed by atoms with Gasteiger partial charge >= 0.3 is 0 Å². The van der Waals surface area contributed by atoms with Crippen molar-refractivity contribution in [1.29, 1.82) is 0 Å². The van der Waals surface area contributed by atoms with Crippen LogP contribution in [-0.2, 0) is 12.1 Å². The molecular formula is C21H26FN3OS. The zero-order valence-electron chi connectivity index (χ0n) is 15.6. The molecule has 1 aromatic heterocycles. The Balaban J connectivity index is 1.44. The highest BCUT2D eigenvalue weighted by atomic mass is 32.2. The summed E-state index contributed by atoms with van der Waals surface area (Å²) in [5, 5.41) is 12.1. The summed E-state index contributed by atoms with van der Waals surface area (Å²) in [6, 6.07) is 7.02. The van der Waals surface area contributed by atoms with Gasteiger partial charge in [-0.15, -0.1) is 0 Å². The molecule has 1 aromatic carbocycles. The summed E-state index contributed by atoms with van der Waals surface area (Å²) in [5.41, 5.74) is 1.11. The number of piperidine rings is 1. The van der Waals surface area contributed by atoms with Crippen molar-refractivity contribution in [2.24, 2.45) is 0 Å². The molecule has 2 atom stereocenters. The second-order valence-corrected chi connectivity index (χ2v) is 8.79. The van der Waals surface area contributed by atoms with Gasteiger partial charge in [-0.1, -0.05) is 30.8 Å². The first kappa shape index (κ1) is 18.8. The van der Waals surface area contributed by atoms with Crippen LogP contribution >= 0.6 is 11.8 Å². The summed E-state index contributed by atoms with van der Waals surface area (Å²) in [6.07, 6.45) is 8.57. The number of halogens is 1. The molecule has 2 bridgehead atoms. The summed E-state index contributed by atoms with van der Waals surface area (Å²) < 4.78 is 13.2. The number of rotatable bonds is 6. The monoisotopic (exact) mass is 387 g/mol. The normalized spacial score (nSPS) is 27.8. The van der Waals surface area contributed by atoms with Gasteiger partial charge in [0.05, 0.1) is 5.60 Å². The zero-order chi connectivity index (χ0) is 18.9. The Morgan fingerprint density at radius 1 is 1.15 bits per heavy atom. The molecule has 2 saturated heterocycles. The minimum atomic E-state index is -0.854. The van der Waals surface area contributed by atoms with Crippen molar-refractivity contribution < 1.29 is 9.50 Å². The van der Waals surface area contributed by atoms with Crippen LogP contribution in [0.3, 0.4) is 0 Å². The van der Waals surface area contributed by atoms with E-state index in [1.54, 1.807) is 23.9 Å². The maximum absolute atomic E-state index is 13.2. The zero-order valence-corrected chi connectivity index (χ0v) is 16.5. The first-order valence-corrected chi connectivity index (χ1v) is 10.7. The van der Waals surface area contributed by atoms with Crippen LogP contribution in [0.2, 0.25) is 0 Å². The molecule has 0 radical (unpaired) electrons. The highest BCUT2D eigenvalue weighted by molar-refractivity contribution is 7.99. The molecule has 0 aliphatic carbocycles. The van der Waals surface area contributed by atoms with Crippen molar-refractivity contribution in [1.82, 2.24) is 14.9 Å². The van der Waals surface area contributed by atoms with E-state index < -0.39 is 5.60 Å². The Morgan fingerprint density at radius 2 is 1.78 bits per heavy atom. The minimum absolute atomic E-state index is 0.261. The molecule has 0 spiro atoms. The summed E-state index contributed by atoms with van der Waals surface area (Å²) in [5.74, 6) is 0.778. The molecule has 3 heterocycles. The van der Waals surface area contributed by atoms with Gasteiger partial charge in [-0.25, -0.2) is 14.4 Å². The number of hydrogen-bond donors (Lipinski definition) is 1. The van der Waals surface area contributed by atoms with Gasteiger partial charge in [0.15, 0.2) is 5.16 Å². The lowest BCUT2D eigenvalue weighted by atomic mass is 9.80. The molecule has 27 heavy (non-hydrogen) atoms. The first-order chi connectivity index (χ1) is 13.1. The highest BCUT2D eigenvalue weighted by Crippen LogP contribution is 2.46. The largest absolute Gasteiger partial charge is 0.385 e. The molecule has 4 rings (SSSR count). The van der Waals surface area contributed by atoms with Gasteiger partial charge in [-0.05, 0) is 49.8 Å². The molecule has 0 saturated carbocycles. The van der Waals surface area contributed by atoms with Crippen LogP contribution in [0, 0.1) is 5.82 Å². The first-order valence-electron chi connectivity index (χ1n) is 9.75. The van der Waals surface area contributed by atoms with Crippen molar-refractivity contribution in [2.75, 3.05) is 5.75 Å². The second kappa shape index (κ2) is 7.86. The number of aromatic nitrogens is 2. The lowest BCUT2D eigenvalue weighted by Crippen LogP contribution is -2.49. The van der Waals surface area contributed by atoms with Crippen molar-refractivity contribution in [3.05, 3.63) is 53.6 Å². The fraction of sp³-hybridized carbons (Fsp3) is 0.524. The Bertz CT molecular complexity index is 754. The van der Waals surface area contributed by atoms with Crippen molar-refractivity contribution in [3.63, 3.8) is 0 Å². The Kier molecular flexibility index (Phi) is 5.48. The summed E-state index contributed by atoms with van der Waals surface area (Å²) >= 11 is 1.69. The molecule has 0 amide bonds. The van der Waals surface area contributed by atoms with Crippen molar-refractivity contribution in [2.45, 2.75) is 68.4 Å². The number of aliphatic hydroxyl groups is 1. The van der Waals surface area contributed by atoms with Gasteiger partial charge in [0, 0.05) is 42.3 Å². The van der Waals surface area contributed by atoms with E-state index in [0.29, 0.717) is 24.9 Å². The van der Waals surface area contributed by atoms with Crippen LogP contribution in [-0.4, -0.2) is 37.8 Å². The van der Waals surface area contributed by atoms with Gasteiger partial charge in [0.1, 0.15) is 5.82 Å². The summed E-state index contributed by atoms with van der Waals surface area (Å²) in [4.78, 5) is 11.4. The van der Waals surface area contributed by atoms with E-state index in [1.165, 1.54) is 12.1 Å². The molecule has 144 valence electrons. The molecule has 2 fully saturated rings. The molecule has 4 nitrogen and oxygen atoms in total. The van der Waals surface area contributed by atoms with E-state index >= 15 is 0 Å².